The van der Waals surface area contributed by atoms with Crippen molar-refractivity contribution in [3.05, 3.63) is 0 Å². The van der Waals surface area contributed by atoms with Gasteiger partial charge in [-0.25, -0.2) is 0 Å². The number of rotatable bonds is 5. The minimum Gasteiger partial charge on any atom is -0.343 e. The van der Waals surface area contributed by atoms with Gasteiger partial charge in [-0.05, 0) is 47.3 Å². The van der Waals surface area contributed by atoms with Gasteiger partial charge >= 0.3 is 0 Å². The van der Waals surface area contributed by atoms with E-state index in [1.54, 1.807) is 11.8 Å². The zero-order chi connectivity index (χ0) is 13.9. The summed E-state index contributed by atoms with van der Waals surface area (Å²) in [5.41, 5.74) is 0. The van der Waals surface area contributed by atoms with E-state index in [0.717, 1.165) is 13.0 Å². The standard InChI is InChI=1S/C13H25N3O2/c1-6-11-12(17)14-10(3)13(18)16(11)9(2)7-8-15(4)5/h9-11H,6-8H2,1-5H3,(H,14,17). The van der Waals surface area contributed by atoms with Crippen LogP contribution in [-0.2, 0) is 9.59 Å². The summed E-state index contributed by atoms with van der Waals surface area (Å²) in [4.78, 5) is 28.0. The van der Waals surface area contributed by atoms with Crippen molar-refractivity contribution in [2.24, 2.45) is 0 Å². The number of amides is 2. The first kappa shape index (κ1) is 15.0. The van der Waals surface area contributed by atoms with Crippen molar-refractivity contribution in [3.8, 4) is 0 Å². The van der Waals surface area contributed by atoms with E-state index in [1.807, 2.05) is 27.9 Å². The maximum absolute atomic E-state index is 12.2. The molecule has 2 amide bonds. The van der Waals surface area contributed by atoms with Crippen molar-refractivity contribution in [3.63, 3.8) is 0 Å². The summed E-state index contributed by atoms with van der Waals surface area (Å²) < 4.78 is 0. The van der Waals surface area contributed by atoms with Gasteiger partial charge in [-0.1, -0.05) is 6.92 Å². The molecule has 0 aromatic heterocycles. The van der Waals surface area contributed by atoms with Gasteiger partial charge in [0.15, 0.2) is 0 Å². The molecule has 1 heterocycles. The summed E-state index contributed by atoms with van der Waals surface area (Å²) in [7, 11) is 4.02. The highest BCUT2D eigenvalue weighted by molar-refractivity contribution is 5.96. The second-order valence-electron chi connectivity index (χ2n) is 5.34. The normalized spacial score (nSPS) is 26.4. The summed E-state index contributed by atoms with van der Waals surface area (Å²) in [5.74, 6) is 0.00834. The third kappa shape index (κ3) is 3.22. The molecule has 0 bridgehead atoms. The van der Waals surface area contributed by atoms with Crippen LogP contribution in [-0.4, -0.2) is 60.4 Å². The first-order chi connectivity index (χ1) is 8.38. The molecule has 1 rings (SSSR count). The molecule has 104 valence electrons. The highest BCUT2D eigenvalue weighted by atomic mass is 16.2. The molecule has 3 unspecified atom stereocenters. The van der Waals surface area contributed by atoms with Crippen molar-refractivity contribution in [2.45, 2.75) is 51.7 Å². The van der Waals surface area contributed by atoms with E-state index >= 15 is 0 Å². The average molecular weight is 255 g/mol. The van der Waals surface area contributed by atoms with E-state index in [4.69, 9.17) is 0 Å². The van der Waals surface area contributed by atoms with E-state index in [2.05, 4.69) is 10.2 Å². The average Bonchev–Trinajstić information content (AvgIpc) is 2.30. The maximum Gasteiger partial charge on any atom is 0.245 e. The molecule has 0 aromatic rings. The molecule has 0 saturated carbocycles. The molecule has 0 aromatic carbocycles. The molecule has 5 nitrogen and oxygen atoms in total. The molecule has 0 spiro atoms. The molecule has 1 aliphatic rings. The van der Waals surface area contributed by atoms with E-state index < -0.39 is 6.04 Å². The van der Waals surface area contributed by atoms with Crippen LogP contribution >= 0.6 is 0 Å². The molecule has 1 aliphatic heterocycles. The van der Waals surface area contributed by atoms with Crippen LogP contribution in [0.2, 0.25) is 0 Å². The van der Waals surface area contributed by atoms with Crippen LogP contribution in [0.1, 0.15) is 33.6 Å². The third-order valence-corrected chi connectivity index (χ3v) is 3.48. The zero-order valence-electron chi connectivity index (χ0n) is 12.1. The Kier molecular flexibility index (Phi) is 5.14. The number of carbonyl (C=O) groups is 2. The molecule has 3 atom stereocenters. The van der Waals surface area contributed by atoms with Crippen molar-refractivity contribution < 1.29 is 9.59 Å². The molecule has 0 radical (unpaired) electrons. The predicted molar refractivity (Wildman–Crippen MR) is 71.2 cm³/mol. The van der Waals surface area contributed by atoms with Crippen molar-refractivity contribution in [1.82, 2.24) is 15.1 Å². The molecule has 1 saturated heterocycles. The lowest BCUT2D eigenvalue weighted by Crippen LogP contribution is -2.64. The van der Waals surface area contributed by atoms with Crippen LogP contribution in [0.15, 0.2) is 0 Å². The number of hydrogen-bond donors (Lipinski definition) is 1. The van der Waals surface area contributed by atoms with Crippen molar-refractivity contribution in [1.29, 1.82) is 0 Å². The van der Waals surface area contributed by atoms with Crippen LogP contribution in [0.3, 0.4) is 0 Å². The minimum atomic E-state index is -0.401. The zero-order valence-corrected chi connectivity index (χ0v) is 12.1. The number of nitrogens with one attached hydrogen (secondary N) is 1. The lowest BCUT2D eigenvalue weighted by Gasteiger charge is -2.41. The Labute approximate surface area is 110 Å². The van der Waals surface area contributed by atoms with Crippen LogP contribution < -0.4 is 5.32 Å². The Morgan fingerprint density at radius 2 is 2.00 bits per heavy atom. The maximum atomic E-state index is 12.2. The fraction of sp³-hybridized carbons (Fsp3) is 0.846. The van der Waals surface area contributed by atoms with E-state index in [0.29, 0.717) is 6.42 Å². The predicted octanol–water partition coefficient (Wildman–Crippen LogP) is 0.452. The molecular formula is C13H25N3O2. The van der Waals surface area contributed by atoms with Crippen molar-refractivity contribution >= 4 is 11.8 Å². The van der Waals surface area contributed by atoms with Gasteiger partial charge in [-0.3, -0.25) is 9.59 Å². The van der Waals surface area contributed by atoms with Crippen LogP contribution in [0.5, 0.6) is 0 Å². The van der Waals surface area contributed by atoms with Gasteiger partial charge in [-0.15, -0.1) is 0 Å². The summed E-state index contributed by atoms with van der Waals surface area (Å²) in [6.45, 7) is 6.63. The number of carbonyl (C=O) groups excluding carboxylic acids is 2. The number of piperazine rings is 1. The van der Waals surface area contributed by atoms with Gasteiger partial charge in [-0.2, -0.15) is 0 Å². The number of nitrogens with zero attached hydrogens (tertiary/aromatic N) is 2. The smallest absolute Gasteiger partial charge is 0.245 e. The third-order valence-electron chi connectivity index (χ3n) is 3.48. The molecule has 5 heteroatoms. The summed E-state index contributed by atoms with van der Waals surface area (Å²) in [6, 6.07) is -0.619. The molecular weight excluding hydrogens is 230 g/mol. The first-order valence-corrected chi connectivity index (χ1v) is 6.65. The Balaban J connectivity index is 2.79. The highest BCUT2D eigenvalue weighted by Crippen LogP contribution is 2.18. The fourth-order valence-corrected chi connectivity index (χ4v) is 2.37. The fourth-order valence-electron chi connectivity index (χ4n) is 2.37. The van der Waals surface area contributed by atoms with Gasteiger partial charge in [0.1, 0.15) is 12.1 Å². The van der Waals surface area contributed by atoms with Crippen LogP contribution in [0.25, 0.3) is 0 Å². The van der Waals surface area contributed by atoms with E-state index in [-0.39, 0.29) is 23.9 Å². The topological polar surface area (TPSA) is 52.7 Å². The first-order valence-electron chi connectivity index (χ1n) is 6.65. The summed E-state index contributed by atoms with van der Waals surface area (Å²) in [5, 5.41) is 2.74. The Hall–Kier alpha value is -1.10. The minimum absolute atomic E-state index is 0.0266. The largest absolute Gasteiger partial charge is 0.343 e. The van der Waals surface area contributed by atoms with Gasteiger partial charge < -0.3 is 15.1 Å². The molecule has 18 heavy (non-hydrogen) atoms. The van der Waals surface area contributed by atoms with Crippen LogP contribution in [0, 0.1) is 0 Å². The van der Waals surface area contributed by atoms with Crippen LogP contribution in [0.4, 0.5) is 0 Å². The highest BCUT2D eigenvalue weighted by Gasteiger charge is 2.39. The summed E-state index contributed by atoms with van der Waals surface area (Å²) >= 11 is 0. The molecule has 0 aliphatic carbocycles. The lowest BCUT2D eigenvalue weighted by molar-refractivity contribution is -0.151. The van der Waals surface area contributed by atoms with Gasteiger partial charge in [0, 0.05) is 6.04 Å². The quantitative estimate of drug-likeness (QED) is 0.776. The Morgan fingerprint density at radius 1 is 1.39 bits per heavy atom. The van der Waals surface area contributed by atoms with Gasteiger partial charge in [0.25, 0.3) is 0 Å². The van der Waals surface area contributed by atoms with Gasteiger partial charge in [0.05, 0.1) is 0 Å². The lowest BCUT2D eigenvalue weighted by atomic mass is 10.0. The Bertz CT molecular complexity index is 317. The van der Waals surface area contributed by atoms with Crippen molar-refractivity contribution in [2.75, 3.05) is 20.6 Å². The van der Waals surface area contributed by atoms with E-state index in [1.165, 1.54) is 0 Å². The molecule has 1 fully saturated rings. The summed E-state index contributed by atoms with van der Waals surface area (Å²) in [6.07, 6.45) is 1.55. The van der Waals surface area contributed by atoms with Gasteiger partial charge in [0.2, 0.25) is 11.8 Å². The second kappa shape index (κ2) is 6.18. The Morgan fingerprint density at radius 3 is 2.50 bits per heavy atom. The second-order valence-corrected chi connectivity index (χ2v) is 5.34. The SMILES string of the molecule is CCC1C(=O)NC(C)C(=O)N1C(C)CCN(C)C. The number of hydrogen-bond acceptors (Lipinski definition) is 3. The van der Waals surface area contributed by atoms with E-state index in [9.17, 15) is 9.59 Å². The monoisotopic (exact) mass is 255 g/mol. The molecule has 1 N–H and O–H groups in total.